The maximum atomic E-state index is 11.9. The second kappa shape index (κ2) is 7.03. The van der Waals surface area contributed by atoms with Crippen LogP contribution in [0.3, 0.4) is 0 Å². The number of carbonyl (C=O) groups is 1. The van der Waals surface area contributed by atoms with Gasteiger partial charge in [-0.1, -0.05) is 0 Å². The predicted octanol–water partition coefficient (Wildman–Crippen LogP) is 2.07. The van der Waals surface area contributed by atoms with Gasteiger partial charge in [-0.3, -0.25) is 14.9 Å². The molecule has 0 aromatic heterocycles. The minimum absolute atomic E-state index is 0.136. The summed E-state index contributed by atoms with van der Waals surface area (Å²) in [7, 11) is 1.37. The molecule has 0 bridgehead atoms. The zero-order valence-electron chi connectivity index (χ0n) is 11.9. The first kappa shape index (κ1) is 15.2. The van der Waals surface area contributed by atoms with Gasteiger partial charge in [0.15, 0.2) is 5.75 Å². The number of carbonyl (C=O) groups excluding carboxylic acids is 1. The maximum absolute atomic E-state index is 11.9. The lowest BCUT2D eigenvalue weighted by Crippen LogP contribution is -2.23. The molecule has 0 radical (unpaired) electrons. The van der Waals surface area contributed by atoms with Crippen LogP contribution in [0.15, 0.2) is 18.2 Å². The number of nitro groups is 1. The Labute approximate surface area is 122 Å². The highest BCUT2D eigenvalue weighted by Crippen LogP contribution is 2.29. The van der Waals surface area contributed by atoms with Gasteiger partial charge >= 0.3 is 5.69 Å². The zero-order valence-corrected chi connectivity index (χ0v) is 11.9. The molecule has 1 aromatic carbocycles. The second-order valence-electron chi connectivity index (χ2n) is 5.02. The molecule has 1 fully saturated rings. The minimum atomic E-state index is -0.531. The average Bonchev–Trinajstić information content (AvgIpc) is 2.98. The summed E-state index contributed by atoms with van der Waals surface area (Å²) in [6.07, 6.45) is 3.43. The summed E-state index contributed by atoms with van der Waals surface area (Å²) in [4.78, 5) is 22.3. The van der Waals surface area contributed by atoms with Gasteiger partial charge in [-0.2, -0.15) is 0 Å². The number of nitrogens with zero attached hydrogens (tertiary/aromatic N) is 1. The van der Waals surface area contributed by atoms with Gasteiger partial charge in [0.1, 0.15) is 0 Å². The third-order valence-corrected chi connectivity index (χ3v) is 3.54. The Morgan fingerprint density at radius 2 is 2.38 bits per heavy atom. The average molecular weight is 293 g/mol. The quantitative estimate of drug-likeness (QED) is 0.618. The highest BCUT2D eigenvalue weighted by molar-refractivity contribution is 5.91. The molecule has 1 unspecified atom stereocenters. The fraction of sp³-hybridized carbons (Fsp3) is 0.500. The molecule has 1 aromatic rings. The summed E-state index contributed by atoms with van der Waals surface area (Å²) in [5.41, 5.74) is 0.250. The third kappa shape index (κ3) is 4.16. The Morgan fingerprint density at radius 3 is 3.00 bits per heavy atom. The van der Waals surface area contributed by atoms with Crippen LogP contribution < -0.4 is 15.4 Å². The van der Waals surface area contributed by atoms with Crippen LogP contribution in [0.4, 0.5) is 11.4 Å². The number of rotatable bonds is 6. The smallest absolute Gasteiger partial charge is 0.312 e. The predicted molar refractivity (Wildman–Crippen MR) is 78.5 cm³/mol. The number of nitro benzene ring substituents is 1. The number of methoxy groups -OCH3 is 1. The maximum Gasteiger partial charge on any atom is 0.312 e. The molecule has 1 aliphatic rings. The molecule has 7 heteroatoms. The van der Waals surface area contributed by atoms with Crippen molar-refractivity contribution < 1.29 is 14.5 Å². The van der Waals surface area contributed by atoms with Gasteiger partial charge in [-0.05, 0) is 37.9 Å². The second-order valence-corrected chi connectivity index (χ2v) is 5.02. The molecular weight excluding hydrogens is 274 g/mol. The lowest BCUT2D eigenvalue weighted by atomic mass is 10.1. The van der Waals surface area contributed by atoms with Gasteiger partial charge in [0, 0.05) is 24.2 Å². The molecule has 1 aliphatic heterocycles. The van der Waals surface area contributed by atoms with Crippen LogP contribution in [0.25, 0.3) is 0 Å². The Bertz CT molecular complexity index is 527. The monoisotopic (exact) mass is 293 g/mol. The van der Waals surface area contributed by atoms with Crippen LogP contribution in [0.2, 0.25) is 0 Å². The number of anilines is 1. The molecule has 0 aliphatic carbocycles. The van der Waals surface area contributed by atoms with Crippen LogP contribution in [0.5, 0.6) is 5.75 Å². The first-order chi connectivity index (χ1) is 10.1. The molecule has 1 atom stereocenters. The number of benzene rings is 1. The van der Waals surface area contributed by atoms with E-state index < -0.39 is 4.92 Å². The van der Waals surface area contributed by atoms with Crippen molar-refractivity contribution in [3.63, 3.8) is 0 Å². The van der Waals surface area contributed by atoms with E-state index in [0.29, 0.717) is 18.2 Å². The van der Waals surface area contributed by atoms with E-state index in [1.54, 1.807) is 6.07 Å². The van der Waals surface area contributed by atoms with Crippen molar-refractivity contribution in [1.82, 2.24) is 5.32 Å². The summed E-state index contributed by atoms with van der Waals surface area (Å²) in [6, 6.07) is 4.79. The Balaban J connectivity index is 1.93. The van der Waals surface area contributed by atoms with E-state index in [4.69, 9.17) is 4.74 Å². The fourth-order valence-electron chi connectivity index (χ4n) is 2.44. The molecule has 1 heterocycles. The Morgan fingerprint density at radius 1 is 1.57 bits per heavy atom. The molecule has 0 spiro atoms. The van der Waals surface area contributed by atoms with Gasteiger partial charge in [-0.15, -0.1) is 0 Å². The summed E-state index contributed by atoms with van der Waals surface area (Å²) >= 11 is 0. The zero-order chi connectivity index (χ0) is 15.2. The standard InChI is InChI=1S/C14H19N3O4/c1-21-13-6-4-11(9-12(13)17(19)20)16-14(18)7-5-10-3-2-8-15-10/h4,6,9-10,15H,2-3,5,7-8H2,1H3,(H,16,18). The summed E-state index contributed by atoms with van der Waals surface area (Å²) in [6.45, 7) is 1.01. The Hall–Kier alpha value is -2.15. The molecule has 21 heavy (non-hydrogen) atoms. The van der Waals surface area contributed by atoms with Crippen LogP contribution in [0, 0.1) is 10.1 Å². The lowest BCUT2D eigenvalue weighted by Gasteiger charge is -2.10. The fourth-order valence-corrected chi connectivity index (χ4v) is 2.44. The summed E-state index contributed by atoms with van der Waals surface area (Å²) in [5, 5.41) is 16.9. The van der Waals surface area contributed by atoms with Crippen molar-refractivity contribution in [2.45, 2.75) is 31.7 Å². The van der Waals surface area contributed by atoms with Gasteiger partial charge in [0.05, 0.1) is 12.0 Å². The number of nitrogens with one attached hydrogen (secondary N) is 2. The van der Waals surface area contributed by atoms with E-state index in [1.165, 1.54) is 19.2 Å². The molecule has 114 valence electrons. The van der Waals surface area contributed by atoms with Gasteiger partial charge in [-0.25, -0.2) is 0 Å². The molecule has 0 saturated carbocycles. The van der Waals surface area contributed by atoms with Gasteiger partial charge < -0.3 is 15.4 Å². The summed E-state index contributed by atoms with van der Waals surface area (Å²) in [5.74, 6) is 0.0383. The van der Waals surface area contributed by atoms with Crippen LogP contribution in [-0.4, -0.2) is 30.5 Å². The topological polar surface area (TPSA) is 93.5 Å². The van der Waals surface area contributed by atoms with Crippen molar-refractivity contribution >= 4 is 17.3 Å². The molecular formula is C14H19N3O4. The largest absolute Gasteiger partial charge is 0.490 e. The Kier molecular flexibility index (Phi) is 5.10. The number of hydrogen-bond acceptors (Lipinski definition) is 5. The molecule has 1 saturated heterocycles. The van der Waals surface area contributed by atoms with Crippen molar-refractivity contribution in [2.24, 2.45) is 0 Å². The van der Waals surface area contributed by atoms with E-state index in [9.17, 15) is 14.9 Å². The molecule has 1 amide bonds. The molecule has 7 nitrogen and oxygen atoms in total. The first-order valence-corrected chi connectivity index (χ1v) is 6.96. The number of ether oxygens (including phenoxy) is 1. The van der Waals surface area contributed by atoms with E-state index in [1.807, 2.05) is 0 Å². The molecule has 2 N–H and O–H groups in total. The van der Waals surface area contributed by atoms with Crippen LogP contribution in [0.1, 0.15) is 25.7 Å². The normalized spacial score (nSPS) is 17.5. The number of hydrogen-bond donors (Lipinski definition) is 2. The van der Waals surface area contributed by atoms with E-state index in [-0.39, 0.29) is 17.3 Å². The van der Waals surface area contributed by atoms with E-state index in [2.05, 4.69) is 10.6 Å². The van der Waals surface area contributed by atoms with Gasteiger partial charge in [0.25, 0.3) is 0 Å². The van der Waals surface area contributed by atoms with Gasteiger partial charge in [0.2, 0.25) is 5.91 Å². The lowest BCUT2D eigenvalue weighted by molar-refractivity contribution is -0.385. The highest BCUT2D eigenvalue weighted by Gasteiger charge is 2.18. The number of amides is 1. The third-order valence-electron chi connectivity index (χ3n) is 3.54. The highest BCUT2D eigenvalue weighted by atomic mass is 16.6. The minimum Gasteiger partial charge on any atom is -0.490 e. The van der Waals surface area contributed by atoms with Crippen molar-refractivity contribution in [2.75, 3.05) is 19.0 Å². The van der Waals surface area contributed by atoms with Crippen molar-refractivity contribution in [3.05, 3.63) is 28.3 Å². The first-order valence-electron chi connectivity index (χ1n) is 6.96. The summed E-state index contributed by atoms with van der Waals surface area (Å²) < 4.78 is 4.92. The molecule has 2 rings (SSSR count). The van der Waals surface area contributed by atoms with Crippen molar-refractivity contribution in [1.29, 1.82) is 0 Å². The van der Waals surface area contributed by atoms with Crippen LogP contribution >= 0.6 is 0 Å². The van der Waals surface area contributed by atoms with Crippen LogP contribution in [-0.2, 0) is 4.79 Å². The van der Waals surface area contributed by atoms with E-state index >= 15 is 0 Å². The van der Waals surface area contributed by atoms with Crippen molar-refractivity contribution in [3.8, 4) is 5.75 Å². The van der Waals surface area contributed by atoms with E-state index in [0.717, 1.165) is 25.8 Å². The SMILES string of the molecule is COc1ccc(NC(=O)CCC2CCCN2)cc1[N+](=O)[O-].